The smallest absolute Gasteiger partial charge is 0.315 e. The molecule has 0 amide bonds. The highest BCUT2D eigenvalue weighted by Crippen LogP contribution is 2.27. The molecule has 0 bridgehead atoms. The zero-order valence-electron chi connectivity index (χ0n) is 19.4. The van der Waals surface area contributed by atoms with E-state index in [0.29, 0.717) is 29.8 Å². The molecular weight excluding hydrogens is 442 g/mol. The lowest BCUT2D eigenvalue weighted by atomic mass is 10.1. The normalized spacial score (nSPS) is 17.7. The van der Waals surface area contributed by atoms with Crippen LogP contribution in [0.15, 0.2) is 54.9 Å². The van der Waals surface area contributed by atoms with Gasteiger partial charge in [-0.05, 0) is 30.0 Å². The van der Waals surface area contributed by atoms with Crippen molar-refractivity contribution >= 4 is 23.4 Å². The molecule has 3 heterocycles. The number of fused-ring (bicyclic) bond motifs is 2. The fourth-order valence-electron chi connectivity index (χ4n) is 5.14. The number of hydrogen-bond donors (Lipinski definition) is 1. The fraction of sp³-hybridized carbons (Fsp3) is 0.333. The van der Waals surface area contributed by atoms with E-state index in [9.17, 15) is 9.59 Å². The molecule has 0 saturated carbocycles. The van der Waals surface area contributed by atoms with Crippen LogP contribution in [0, 0.1) is 0 Å². The van der Waals surface area contributed by atoms with E-state index < -0.39 is 0 Å². The van der Waals surface area contributed by atoms with Gasteiger partial charge in [-0.3, -0.25) is 14.5 Å². The monoisotopic (exact) mass is 469 g/mol. The van der Waals surface area contributed by atoms with E-state index in [-0.39, 0.29) is 18.2 Å². The minimum atomic E-state index is -0.266. The summed E-state index contributed by atoms with van der Waals surface area (Å²) in [5.41, 5.74) is 5.23. The molecule has 2 aromatic carbocycles. The molecule has 0 spiro atoms. The van der Waals surface area contributed by atoms with Crippen molar-refractivity contribution in [1.82, 2.24) is 14.9 Å². The second-order valence-electron chi connectivity index (χ2n) is 9.44. The van der Waals surface area contributed by atoms with Crippen LogP contribution in [0.2, 0.25) is 0 Å². The number of nitrogens with zero attached hydrogens (tertiary/aromatic N) is 4. The molecule has 1 aromatic heterocycles. The third-order valence-corrected chi connectivity index (χ3v) is 7.07. The van der Waals surface area contributed by atoms with Crippen LogP contribution in [0.3, 0.4) is 0 Å². The number of benzene rings is 2. The van der Waals surface area contributed by atoms with Crippen LogP contribution in [0.4, 0.5) is 11.6 Å². The van der Waals surface area contributed by atoms with E-state index in [2.05, 4.69) is 49.4 Å². The maximum atomic E-state index is 12.8. The Kier molecular flexibility index (Phi) is 5.66. The SMILES string of the molecule is O=C1Cc2ccc(C(=O)CN3CCN(c4cnc(NC5Cc6ccccc6C5)nc4)CC3)cc2O1. The van der Waals surface area contributed by atoms with E-state index in [0.717, 1.165) is 50.3 Å². The average molecular weight is 470 g/mol. The Balaban J connectivity index is 0.998. The first kappa shape index (κ1) is 21.7. The lowest BCUT2D eigenvalue weighted by Crippen LogP contribution is -2.48. The molecule has 35 heavy (non-hydrogen) atoms. The Morgan fingerprint density at radius 2 is 1.69 bits per heavy atom. The van der Waals surface area contributed by atoms with Crippen molar-refractivity contribution in [3.8, 4) is 5.75 Å². The molecule has 0 unspecified atom stereocenters. The van der Waals surface area contributed by atoms with Gasteiger partial charge < -0.3 is 15.0 Å². The van der Waals surface area contributed by atoms with Crippen LogP contribution in [0.25, 0.3) is 0 Å². The summed E-state index contributed by atoms with van der Waals surface area (Å²) >= 11 is 0. The zero-order chi connectivity index (χ0) is 23.8. The Morgan fingerprint density at radius 3 is 2.40 bits per heavy atom. The molecular formula is C27H27N5O3. The van der Waals surface area contributed by atoms with Gasteiger partial charge in [-0.2, -0.15) is 0 Å². The number of nitrogens with one attached hydrogen (secondary N) is 1. The van der Waals surface area contributed by atoms with Gasteiger partial charge in [0.2, 0.25) is 5.95 Å². The van der Waals surface area contributed by atoms with Gasteiger partial charge in [0.05, 0.1) is 31.0 Å². The summed E-state index contributed by atoms with van der Waals surface area (Å²) in [5.74, 6) is 0.950. The molecule has 3 aliphatic rings. The van der Waals surface area contributed by atoms with Crippen LogP contribution in [-0.2, 0) is 24.1 Å². The minimum absolute atomic E-state index is 0.0389. The highest BCUT2D eigenvalue weighted by Gasteiger charge is 2.25. The first-order valence-electron chi connectivity index (χ1n) is 12.1. The van der Waals surface area contributed by atoms with E-state index >= 15 is 0 Å². The molecule has 1 saturated heterocycles. The summed E-state index contributed by atoms with van der Waals surface area (Å²) in [4.78, 5) is 37.7. The predicted molar refractivity (Wildman–Crippen MR) is 132 cm³/mol. The lowest BCUT2D eigenvalue weighted by Gasteiger charge is -2.35. The number of ketones is 1. The first-order chi connectivity index (χ1) is 17.1. The van der Waals surface area contributed by atoms with Crippen LogP contribution >= 0.6 is 0 Å². The molecule has 0 atom stereocenters. The van der Waals surface area contributed by atoms with Crippen molar-refractivity contribution < 1.29 is 14.3 Å². The van der Waals surface area contributed by atoms with E-state index in [1.54, 1.807) is 12.1 Å². The highest BCUT2D eigenvalue weighted by molar-refractivity contribution is 5.98. The Morgan fingerprint density at radius 1 is 0.971 bits per heavy atom. The molecule has 1 N–H and O–H groups in total. The van der Waals surface area contributed by atoms with Crippen molar-refractivity contribution in [2.24, 2.45) is 0 Å². The fourth-order valence-corrected chi connectivity index (χ4v) is 5.14. The number of carbonyl (C=O) groups is 2. The van der Waals surface area contributed by atoms with Gasteiger partial charge in [0.15, 0.2) is 5.78 Å². The van der Waals surface area contributed by atoms with Crippen LogP contribution in [0.1, 0.15) is 27.0 Å². The van der Waals surface area contributed by atoms with E-state index in [1.807, 2.05) is 18.5 Å². The molecule has 3 aromatic rings. The molecule has 1 aliphatic carbocycles. The van der Waals surface area contributed by atoms with Crippen molar-refractivity contribution in [2.75, 3.05) is 42.9 Å². The van der Waals surface area contributed by atoms with Crippen LogP contribution < -0.4 is 15.0 Å². The summed E-state index contributed by atoms with van der Waals surface area (Å²) in [6, 6.07) is 14.2. The number of Topliss-reactive ketones (excluding diaryl/α,β-unsaturated/α-hetero) is 1. The molecule has 1 fully saturated rings. The number of hydrogen-bond acceptors (Lipinski definition) is 8. The predicted octanol–water partition coefficient (Wildman–Crippen LogP) is 2.52. The summed E-state index contributed by atoms with van der Waals surface area (Å²) in [7, 11) is 0. The molecule has 8 heteroatoms. The zero-order valence-corrected chi connectivity index (χ0v) is 19.4. The number of aromatic nitrogens is 2. The number of rotatable bonds is 6. The first-order valence-corrected chi connectivity index (χ1v) is 12.1. The van der Waals surface area contributed by atoms with Crippen LogP contribution in [0.5, 0.6) is 5.75 Å². The quantitative estimate of drug-likeness (QED) is 0.335. The van der Waals surface area contributed by atoms with E-state index in [4.69, 9.17) is 4.74 Å². The Bertz CT molecular complexity index is 1240. The third-order valence-electron chi connectivity index (χ3n) is 7.07. The van der Waals surface area contributed by atoms with Crippen molar-refractivity contribution in [3.05, 3.63) is 77.1 Å². The number of carbonyl (C=O) groups excluding carboxylic acids is 2. The van der Waals surface area contributed by atoms with Gasteiger partial charge in [-0.1, -0.05) is 36.4 Å². The van der Waals surface area contributed by atoms with E-state index in [1.165, 1.54) is 11.1 Å². The molecule has 2 aliphatic heterocycles. The van der Waals surface area contributed by atoms with Crippen molar-refractivity contribution in [2.45, 2.75) is 25.3 Å². The molecule has 0 radical (unpaired) electrons. The summed E-state index contributed by atoms with van der Waals surface area (Å²) in [5, 5.41) is 3.47. The second kappa shape index (κ2) is 9.11. The van der Waals surface area contributed by atoms with Gasteiger partial charge in [0, 0.05) is 43.3 Å². The Hall–Kier alpha value is -3.78. The largest absolute Gasteiger partial charge is 0.426 e. The minimum Gasteiger partial charge on any atom is -0.426 e. The maximum Gasteiger partial charge on any atom is 0.315 e. The molecule has 6 rings (SSSR count). The number of ether oxygens (including phenoxy) is 1. The number of esters is 1. The molecule has 178 valence electrons. The Labute approximate surface area is 203 Å². The van der Waals surface area contributed by atoms with Crippen molar-refractivity contribution in [1.29, 1.82) is 0 Å². The lowest BCUT2D eigenvalue weighted by molar-refractivity contribution is -0.131. The second-order valence-corrected chi connectivity index (χ2v) is 9.44. The topological polar surface area (TPSA) is 87.7 Å². The standard InChI is InChI=1S/C27H27N5O3/c33-24(20-5-6-21-14-26(34)35-25(21)13-20)17-31-7-9-32(10-8-31)23-15-28-27(29-16-23)30-22-11-18-3-1-2-4-19(18)12-22/h1-6,13,15-16,22H,7-12,14,17H2,(H,28,29,30). The summed E-state index contributed by atoms with van der Waals surface area (Å²) < 4.78 is 5.18. The summed E-state index contributed by atoms with van der Waals surface area (Å²) in [6.07, 6.45) is 6.03. The third kappa shape index (κ3) is 4.61. The highest BCUT2D eigenvalue weighted by atomic mass is 16.5. The van der Waals surface area contributed by atoms with Gasteiger partial charge in [0.1, 0.15) is 5.75 Å². The number of piperazine rings is 1. The average Bonchev–Trinajstić information content (AvgIpc) is 3.46. The maximum absolute atomic E-state index is 12.8. The molecule has 8 nitrogen and oxygen atoms in total. The summed E-state index contributed by atoms with van der Waals surface area (Å²) in [6.45, 7) is 3.54. The van der Waals surface area contributed by atoms with Crippen LogP contribution in [-0.4, -0.2) is 65.4 Å². The number of anilines is 2. The van der Waals surface area contributed by atoms with Gasteiger partial charge >= 0.3 is 5.97 Å². The van der Waals surface area contributed by atoms with Gasteiger partial charge in [-0.15, -0.1) is 0 Å². The van der Waals surface area contributed by atoms with Crippen molar-refractivity contribution in [3.63, 3.8) is 0 Å². The van der Waals surface area contributed by atoms with Gasteiger partial charge in [0.25, 0.3) is 0 Å². The van der Waals surface area contributed by atoms with Gasteiger partial charge in [-0.25, -0.2) is 9.97 Å².